The number of methoxy groups -OCH3 is 1. The average Bonchev–Trinajstić information content (AvgIpc) is 2.69. The highest BCUT2D eigenvalue weighted by molar-refractivity contribution is 6.03. The molecule has 8 heteroatoms. The molecule has 27 heavy (non-hydrogen) atoms. The number of amides is 2. The van der Waals surface area contributed by atoms with Gasteiger partial charge >= 0.3 is 0 Å². The molecule has 0 N–H and O–H groups in total. The van der Waals surface area contributed by atoms with Gasteiger partial charge in [0.05, 0.1) is 12.0 Å². The van der Waals surface area contributed by atoms with Crippen molar-refractivity contribution in [3.8, 4) is 5.75 Å². The maximum Gasteiger partial charge on any atom is 0.269 e. The second-order valence-electron chi connectivity index (χ2n) is 6.17. The number of nitro benzene ring substituents is 1. The number of nitrogens with zero attached hydrogens (tertiary/aromatic N) is 3. The lowest BCUT2D eigenvalue weighted by molar-refractivity contribution is -0.384. The Morgan fingerprint density at radius 2 is 1.89 bits per heavy atom. The molecule has 1 atom stereocenters. The van der Waals surface area contributed by atoms with Crippen LogP contribution in [0.1, 0.15) is 17.3 Å². The van der Waals surface area contributed by atoms with Crippen LogP contribution in [0.3, 0.4) is 0 Å². The minimum Gasteiger partial charge on any atom is -0.497 e. The SMILES string of the molecule is COc1cccc(N2CCN(C(=O)c3ccc([N+](=O)[O-])cc3)C(C)C2=O)c1. The Labute approximate surface area is 156 Å². The molecule has 0 saturated carbocycles. The van der Waals surface area contributed by atoms with E-state index in [1.165, 1.54) is 29.2 Å². The maximum atomic E-state index is 12.8. The molecule has 0 radical (unpaired) electrons. The Balaban J connectivity index is 1.77. The third-order valence-corrected chi connectivity index (χ3v) is 4.61. The highest BCUT2D eigenvalue weighted by Gasteiger charge is 2.35. The van der Waals surface area contributed by atoms with Crippen LogP contribution in [-0.2, 0) is 4.79 Å². The minimum atomic E-state index is -0.646. The van der Waals surface area contributed by atoms with Crippen molar-refractivity contribution in [1.82, 2.24) is 4.90 Å². The van der Waals surface area contributed by atoms with Crippen molar-refractivity contribution in [1.29, 1.82) is 0 Å². The predicted molar refractivity (Wildman–Crippen MR) is 98.9 cm³/mol. The van der Waals surface area contributed by atoms with Gasteiger partial charge in [-0.3, -0.25) is 19.7 Å². The second-order valence-corrected chi connectivity index (χ2v) is 6.17. The summed E-state index contributed by atoms with van der Waals surface area (Å²) in [6.07, 6.45) is 0. The van der Waals surface area contributed by atoms with Gasteiger partial charge in [0.2, 0.25) is 5.91 Å². The topological polar surface area (TPSA) is 93.0 Å². The third kappa shape index (κ3) is 3.59. The van der Waals surface area contributed by atoms with Crippen molar-refractivity contribution in [3.63, 3.8) is 0 Å². The first kappa shape index (κ1) is 18.4. The van der Waals surface area contributed by atoms with E-state index in [4.69, 9.17) is 4.74 Å². The molecule has 1 unspecified atom stereocenters. The first-order valence-electron chi connectivity index (χ1n) is 8.43. The van der Waals surface area contributed by atoms with Crippen LogP contribution in [0.15, 0.2) is 48.5 Å². The number of ether oxygens (including phenoxy) is 1. The zero-order valence-electron chi connectivity index (χ0n) is 15.0. The zero-order chi connectivity index (χ0) is 19.6. The molecule has 0 aliphatic carbocycles. The molecule has 2 amide bonds. The Bertz CT molecular complexity index is 881. The molecule has 8 nitrogen and oxygen atoms in total. The van der Waals surface area contributed by atoms with E-state index in [0.29, 0.717) is 30.1 Å². The molecule has 3 rings (SSSR count). The molecule has 0 spiro atoms. The summed E-state index contributed by atoms with van der Waals surface area (Å²) in [5.74, 6) is 0.137. The van der Waals surface area contributed by atoms with E-state index in [9.17, 15) is 19.7 Å². The van der Waals surface area contributed by atoms with Crippen LogP contribution in [0.5, 0.6) is 5.75 Å². The van der Waals surface area contributed by atoms with Crippen LogP contribution in [0.2, 0.25) is 0 Å². The molecule has 0 bridgehead atoms. The van der Waals surface area contributed by atoms with Crippen LogP contribution in [0.4, 0.5) is 11.4 Å². The number of hydrogen-bond acceptors (Lipinski definition) is 5. The lowest BCUT2D eigenvalue weighted by Gasteiger charge is -2.39. The van der Waals surface area contributed by atoms with E-state index in [0.717, 1.165) is 0 Å². The number of piperazine rings is 1. The molecule has 140 valence electrons. The number of benzene rings is 2. The van der Waals surface area contributed by atoms with Gasteiger partial charge in [-0.25, -0.2) is 0 Å². The number of carbonyl (C=O) groups is 2. The number of rotatable bonds is 4. The minimum absolute atomic E-state index is 0.0847. The fraction of sp³-hybridized carbons (Fsp3) is 0.263. The lowest BCUT2D eigenvalue weighted by Crippen LogP contribution is -2.57. The second kappa shape index (κ2) is 7.45. The fourth-order valence-electron chi connectivity index (χ4n) is 3.07. The smallest absolute Gasteiger partial charge is 0.269 e. The van der Waals surface area contributed by atoms with E-state index in [-0.39, 0.29) is 17.5 Å². The Hall–Kier alpha value is -3.42. The van der Waals surface area contributed by atoms with Crippen molar-refractivity contribution in [2.45, 2.75) is 13.0 Å². The van der Waals surface area contributed by atoms with Crippen LogP contribution in [0.25, 0.3) is 0 Å². The van der Waals surface area contributed by atoms with E-state index < -0.39 is 11.0 Å². The first-order chi connectivity index (χ1) is 12.9. The van der Waals surface area contributed by atoms with Gasteiger partial charge in [0.1, 0.15) is 11.8 Å². The highest BCUT2D eigenvalue weighted by Crippen LogP contribution is 2.25. The number of nitro groups is 1. The quantitative estimate of drug-likeness (QED) is 0.610. The van der Waals surface area contributed by atoms with E-state index >= 15 is 0 Å². The molecule has 1 heterocycles. The summed E-state index contributed by atoms with van der Waals surface area (Å²) in [4.78, 5) is 38.9. The van der Waals surface area contributed by atoms with Gasteiger partial charge < -0.3 is 14.5 Å². The fourth-order valence-corrected chi connectivity index (χ4v) is 3.07. The van der Waals surface area contributed by atoms with Gasteiger partial charge in [-0.15, -0.1) is 0 Å². The molecule has 0 aromatic heterocycles. The molecule has 2 aromatic carbocycles. The van der Waals surface area contributed by atoms with Gasteiger partial charge in [0.25, 0.3) is 11.6 Å². The van der Waals surface area contributed by atoms with Gasteiger partial charge in [-0.2, -0.15) is 0 Å². The van der Waals surface area contributed by atoms with Gasteiger partial charge in [0.15, 0.2) is 0 Å². The average molecular weight is 369 g/mol. The largest absolute Gasteiger partial charge is 0.497 e. The molecule has 1 aliphatic heterocycles. The molecular weight excluding hydrogens is 350 g/mol. The Morgan fingerprint density at radius 1 is 1.19 bits per heavy atom. The Morgan fingerprint density at radius 3 is 2.52 bits per heavy atom. The lowest BCUT2D eigenvalue weighted by atomic mass is 10.1. The molecular formula is C19H19N3O5. The van der Waals surface area contributed by atoms with Gasteiger partial charge in [-0.05, 0) is 31.2 Å². The summed E-state index contributed by atoms with van der Waals surface area (Å²) < 4.78 is 5.20. The monoisotopic (exact) mass is 369 g/mol. The van der Waals surface area contributed by atoms with Crippen molar-refractivity contribution >= 4 is 23.2 Å². The maximum absolute atomic E-state index is 12.8. The zero-order valence-corrected chi connectivity index (χ0v) is 15.0. The number of carbonyl (C=O) groups excluding carboxylic acids is 2. The van der Waals surface area contributed by atoms with Crippen molar-refractivity contribution in [2.24, 2.45) is 0 Å². The van der Waals surface area contributed by atoms with Crippen molar-refractivity contribution < 1.29 is 19.2 Å². The number of anilines is 1. The Kier molecular flexibility index (Phi) is 5.07. The highest BCUT2D eigenvalue weighted by atomic mass is 16.6. The molecule has 1 fully saturated rings. The van der Waals surface area contributed by atoms with Crippen LogP contribution in [-0.4, -0.2) is 47.9 Å². The van der Waals surface area contributed by atoms with Gasteiger partial charge in [0, 0.05) is 42.5 Å². The summed E-state index contributed by atoms with van der Waals surface area (Å²) in [5, 5.41) is 10.7. The molecule has 1 saturated heterocycles. The summed E-state index contributed by atoms with van der Waals surface area (Å²) in [5.41, 5.74) is 0.947. The van der Waals surface area contributed by atoms with Crippen molar-refractivity contribution in [2.75, 3.05) is 25.1 Å². The van der Waals surface area contributed by atoms with E-state index in [2.05, 4.69) is 0 Å². The van der Waals surface area contributed by atoms with E-state index in [1.807, 2.05) is 6.07 Å². The van der Waals surface area contributed by atoms with Crippen molar-refractivity contribution in [3.05, 3.63) is 64.2 Å². The standard InChI is InChI=1S/C19H19N3O5/c1-13-18(23)21(16-4-3-5-17(12-16)27-2)11-10-20(13)19(24)14-6-8-15(9-7-14)22(25)26/h3-9,12-13H,10-11H2,1-2H3. The van der Waals surface area contributed by atoms with Crippen LogP contribution in [0, 0.1) is 10.1 Å². The number of hydrogen-bond donors (Lipinski definition) is 0. The first-order valence-corrected chi connectivity index (χ1v) is 8.43. The normalized spacial score (nSPS) is 17.0. The number of non-ortho nitro benzene ring substituents is 1. The summed E-state index contributed by atoms with van der Waals surface area (Å²) >= 11 is 0. The summed E-state index contributed by atoms with van der Waals surface area (Å²) in [6.45, 7) is 2.40. The van der Waals surface area contributed by atoms with Gasteiger partial charge in [-0.1, -0.05) is 6.07 Å². The molecule has 1 aliphatic rings. The van der Waals surface area contributed by atoms with Crippen LogP contribution >= 0.6 is 0 Å². The van der Waals surface area contributed by atoms with E-state index in [1.54, 1.807) is 37.1 Å². The van der Waals surface area contributed by atoms with Crippen LogP contribution < -0.4 is 9.64 Å². The summed E-state index contributed by atoms with van der Waals surface area (Å²) in [6, 6.07) is 11.9. The molecule has 2 aromatic rings. The predicted octanol–water partition coefficient (Wildman–Crippen LogP) is 2.48. The third-order valence-electron chi connectivity index (χ3n) is 4.61. The summed E-state index contributed by atoms with van der Waals surface area (Å²) in [7, 11) is 1.56.